The van der Waals surface area contributed by atoms with E-state index in [2.05, 4.69) is 0 Å². The highest BCUT2D eigenvalue weighted by Crippen LogP contribution is 2.29. The van der Waals surface area contributed by atoms with Crippen LogP contribution in [0.3, 0.4) is 0 Å². The summed E-state index contributed by atoms with van der Waals surface area (Å²) in [5.74, 6) is -0.334. The van der Waals surface area contributed by atoms with Gasteiger partial charge >= 0.3 is 5.97 Å². The fourth-order valence-electron chi connectivity index (χ4n) is 2.62. The summed E-state index contributed by atoms with van der Waals surface area (Å²) >= 11 is 0. The highest BCUT2D eigenvalue weighted by atomic mass is 16.5. The van der Waals surface area contributed by atoms with Crippen molar-refractivity contribution in [2.24, 2.45) is 0 Å². The van der Waals surface area contributed by atoms with Gasteiger partial charge in [0, 0.05) is 0 Å². The van der Waals surface area contributed by atoms with Crippen LogP contribution in [0.15, 0.2) is 6.07 Å². The molecular weight excluding hydrogens is 240 g/mol. The molecule has 1 saturated carbocycles. The van der Waals surface area contributed by atoms with E-state index in [1.54, 1.807) is 6.07 Å². The molecule has 104 valence electrons. The zero-order chi connectivity index (χ0) is 14.0. The molecule has 1 aliphatic rings. The molecule has 0 atom stereocenters. The van der Waals surface area contributed by atoms with E-state index in [-0.39, 0.29) is 11.9 Å². The molecule has 3 heteroatoms. The van der Waals surface area contributed by atoms with Crippen LogP contribution in [0.4, 0.5) is 0 Å². The van der Waals surface area contributed by atoms with Gasteiger partial charge in [-0.3, -0.25) is 0 Å². The van der Waals surface area contributed by atoms with Gasteiger partial charge in [-0.05, 0) is 69.2 Å². The van der Waals surface area contributed by atoms with Crippen LogP contribution in [0, 0.1) is 20.8 Å². The van der Waals surface area contributed by atoms with Crippen LogP contribution in [0.2, 0.25) is 0 Å². The lowest BCUT2D eigenvalue weighted by Gasteiger charge is -2.22. The maximum Gasteiger partial charge on any atom is 0.342 e. The molecule has 1 fully saturated rings. The number of hydrogen-bond acceptors (Lipinski definition) is 3. The van der Waals surface area contributed by atoms with Crippen LogP contribution in [-0.4, -0.2) is 17.2 Å². The number of aryl methyl sites for hydroxylation is 1. The molecule has 0 bridgehead atoms. The number of carbonyl (C=O) groups is 1. The summed E-state index contributed by atoms with van der Waals surface area (Å²) in [4.78, 5) is 12.2. The quantitative estimate of drug-likeness (QED) is 0.824. The molecule has 0 heterocycles. The lowest BCUT2D eigenvalue weighted by molar-refractivity contribution is 0.0208. The maximum absolute atomic E-state index is 12.2. The number of rotatable bonds is 2. The van der Waals surface area contributed by atoms with Crippen LogP contribution in [-0.2, 0) is 4.74 Å². The summed E-state index contributed by atoms with van der Waals surface area (Å²) in [7, 11) is 0. The Bertz CT molecular complexity index is 485. The minimum atomic E-state index is -0.393. The van der Waals surface area contributed by atoms with Crippen molar-refractivity contribution in [3.8, 4) is 5.75 Å². The number of phenolic OH excluding ortho intramolecular Hbond substituents is 1. The van der Waals surface area contributed by atoms with Crippen molar-refractivity contribution < 1.29 is 14.6 Å². The number of hydrogen-bond donors (Lipinski definition) is 1. The van der Waals surface area contributed by atoms with Gasteiger partial charge in [0.2, 0.25) is 0 Å². The third-order valence-corrected chi connectivity index (χ3v) is 4.17. The molecule has 0 spiro atoms. The average Bonchev–Trinajstić information content (AvgIpc) is 2.41. The average molecular weight is 262 g/mol. The summed E-state index contributed by atoms with van der Waals surface area (Å²) in [5.41, 5.74) is 3.08. The van der Waals surface area contributed by atoms with E-state index in [1.165, 1.54) is 6.42 Å². The van der Waals surface area contributed by atoms with Crippen molar-refractivity contribution in [2.75, 3.05) is 0 Å². The second-order valence-electron chi connectivity index (χ2n) is 5.50. The number of carbonyl (C=O) groups excluding carboxylic acids is 1. The van der Waals surface area contributed by atoms with Crippen molar-refractivity contribution in [3.05, 3.63) is 28.3 Å². The minimum Gasteiger partial charge on any atom is -0.507 e. The van der Waals surface area contributed by atoms with E-state index in [9.17, 15) is 9.90 Å². The van der Waals surface area contributed by atoms with Crippen LogP contribution in [0.5, 0.6) is 5.75 Å². The number of aromatic hydroxyl groups is 1. The first-order valence-electron chi connectivity index (χ1n) is 7.01. The third-order valence-electron chi connectivity index (χ3n) is 4.17. The minimum absolute atomic E-state index is 0.0163. The number of esters is 1. The summed E-state index contributed by atoms with van der Waals surface area (Å²) in [6, 6.07) is 1.73. The fraction of sp³-hybridized carbons (Fsp3) is 0.562. The Morgan fingerprint density at radius 2 is 1.79 bits per heavy atom. The Hall–Kier alpha value is -1.51. The van der Waals surface area contributed by atoms with E-state index < -0.39 is 5.97 Å². The molecule has 0 aromatic heterocycles. The summed E-state index contributed by atoms with van der Waals surface area (Å²) in [5, 5.41) is 10.1. The van der Waals surface area contributed by atoms with Crippen molar-refractivity contribution in [1.82, 2.24) is 0 Å². The van der Waals surface area contributed by atoms with Gasteiger partial charge in [0.1, 0.15) is 17.4 Å². The molecule has 1 aliphatic carbocycles. The molecule has 1 N–H and O–H groups in total. The lowest BCUT2D eigenvalue weighted by atomic mass is 9.97. The zero-order valence-corrected chi connectivity index (χ0v) is 12.0. The monoisotopic (exact) mass is 262 g/mol. The number of ether oxygens (including phenoxy) is 1. The molecule has 2 rings (SSSR count). The molecule has 0 saturated heterocycles. The Morgan fingerprint density at radius 3 is 2.42 bits per heavy atom. The van der Waals surface area contributed by atoms with Crippen molar-refractivity contribution in [3.63, 3.8) is 0 Å². The van der Waals surface area contributed by atoms with Gasteiger partial charge in [-0.2, -0.15) is 0 Å². The second kappa shape index (κ2) is 5.64. The van der Waals surface area contributed by atoms with Gasteiger partial charge in [-0.1, -0.05) is 6.42 Å². The summed E-state index contributed by atoms with van der Waals surface area (Å²) < 4.78 is 5.51. The van der Waals surface area contributed by atoms with E-state index in [1.807, 2.05) is 20.8 Å². The topological polar surface area (TPSA) is 46.5 Å². The molecular formula is C16H22O3. The largest absolute Gasteiger partial charge is 0.507 e. The number of benzene rings is 1. The van der Waals surface area contributed by atoms with Crippen LogP contribution in [0.25, 0.3) is 0 Å². The standard InChI is InChI=1S/C16H22O3/c1-10-9-14(15(17)12(3)11(10)2)16(18)19-13-7-5-4-6-8-13/h9,13,17H,4-8H2,1-3H3. The zero-order valence-electron chi connectivity index (χ0n) is 12.0. The van der Waals surface area contributed by atoms with Crippen LogP contribution in [0.1, 0.15) is 59.2 Å². The molecule has 3 nitrogen and oxygen atoms in total. The van der Waals surface area contributed by atoms with Crippen molar-refractivity contribution in [2.45, 2.75) is 59.0 Å². The summed E-state index contributed by atoms with van der Waals surface area (Å²) in [6.07, 6.45) is 5.36. The predicted octanol–water partition coefficient (Wildman–Crippen LogP) is 3.81. The second-order valence-corrected chi connectivity index (χ2v) is 5.50. The first-order chi connectivity index (χ1) is 9.00. The fourth-order valence-corrected chi connectivity index (χ4v) is 2.62. The lowest BCUT2D eigenvalue weighted by Crippen LogP contribution is -2.21. The first-order valence-corrected chi connectivity index (χ1v) is 7.01. The molecule has 0 amide bonds. The van der Waals surface area contributed by atoms with E-state index in [4.69, 9.17) is 4.74 Å². The molecule has 19 heavy (non-hydrogen) atoms. The molecule has 1 aromatic carbocycles. The van der Waals surface area contributed by atoms with Crippen LogP contribution >= 0.6 is 0 Å². The highest BCUT2D eigenvalue weighted by Gasteiger charge is 2.22. The number of phenols is 1. The molecule has 0 aliphatic heterocycles. The predicted molar refractivity (Wildman–Crippen MR) is 74.6 cm³/mol. The SMILES string of the molecule is Cc1cc(C(=O)OC2CCCCC2)c(O)c(C)c1C. The van der Waals surface area contributed by atoms with E-state index in [0.717, 1.165) is 42.4 Å². The molecule has 1 aromatic rings. The van der Waals surface area contributed by atoms with Gasteiger partial charge in [-0.15, -0.1) is 0 Å². The van der Waals surface area contributed by atoms with E-state index >= 15 is 0 Å². The van der Waals surface area contributed by atoms with Gasteiger partial charge < -0.3 is 9.84 Å². The Kier molecular flexibility index (Phi) is 4.13. The maximum atomic E-state index is 12.2. The van der Waals surface area contributed by atoms with Crippen molar-refractivity contribution in [1.29, 1.82) is 0 Å². The van der Waals surface area contributed by atoms with Crippen LogP contribution < -0.4 is 0 Å². The van der Waals surface area contributed by atoms with Gasteiger partial charge in [0.25, 0.3) is 0 Å². The smallest absolute Gasteiger partial charge is 0.342 e. The Balaban J connectivity index is 2.19. The Labute approximate surface area is 114 Å². The van der Waals surface area contributed by atoms with Gasteiger partial charge in [-0.25, -0.2) is 4.79 Å². The first kappa shape index (κ1) is 13.9. The highest BCUT2D eigenvalue weighted by molar-refractivity contribution is 5.93. The third kappa shape index (κ3) is 2.91. The molecule has 0 radical (unpaired) electrons. The molecule has 0 unspecified atom stereocenters. The van der Waals surface area contributed by atoms with Gasteiger partial charge in [0.05, 0.1) is 0 Å². The summed E-state index contributed by atoms with van der Waals surface area (Å²) in [6.45, 7) is 5.72. The Morgan fingerprint density at radius 1 is 1.16 bits per heavy atom. The van der Waals surface area contributed by atoms with Crippen molar-refractivity contribution >= 4 is 5.97 Å². The van der Waals surface area contributed by atoms with E-state index in [0.29, 0.717) is 5.56 Å². The normalized spacial score (nSPS) is 16.4. The van der Waals surface area contributed by atoms with Gasteiger partial charge in [0.15, 0.2) is 0 Å².